The molecule has 0 saturated carbocycles. The zero-order chi connectivity index (χ0) is 16.3. The third-order valence-corrected chi connectivity index (χ3v) is 7.33. The molecular weight excluding hydrogens is 349 g/mol. The molecule has 0 bridgehead atoms. The minimum atomic E-state index is -2.97. The standard InChI is InChI=1S/C16H14Cl2F2OS/c1-22(10-15(21)16(19)20,13-6-2-11(17)3-7-13)14-8-4-12(18)5-9-14/h2-9,16H,10H2,1H3. The van der Waals surface area contributed by atoms with E-state index in [1.807, 2.05) is 6.26 Å². The van der Waals surface area contributed by atoms with Gasteiger partial charge in [-0.1, -0.05) is 23.2 Å². The number of alkyl halides is 2. The van der Waals surface area contributed by atoms with Crippen LogP contribution in [0, 0.1) is 0 Å². The summed E-state index contributed by atoms with van der Waals surface area (Å²) in [5.41, 5.74) is 0. The fraction of sp³-hybridized carbons (Fsp3) is 0.188. The molecule has 0 aliphatic rings. The summed E-state index contributed by atoms with van der Waals surface area (Å²) >= 11 is 11.8. The van der Waals surface area contributed by atoms with Gasteiger partial charge < -0.3 is 0 Å². The highest BCUT2D eigenvalue weighted by atomic mass is 35.5. The van der Waals surface area contributed by atoms with Crippen LogP contribution in [-0.2, 0) is 4.79 Å². The third kappa shape index (κ3) is 3.80. The van der Waals surface area contributed by atoms with Crippen LogP contribution in [0.3, 0.4) is 0 Å². The van der Waals surface area contributed by atoms with E-state index in [-0.39, 0.29) is 5.75 Å². The van der Waals surface area contributed by atoms with Crippen molar-refractivity contribution in [3.8, 4) is 0 Å². The van der Waals surface area contributed by atoms with Crippen molar-refractivity contribution in [1.82, 2.24) is 0 Å². The second-order valence-corrected chi connectivity index (χ2v) is 9.19. The van der Waals surface area contributed by atoms with Gasteiger partial charge in [0.25, 0.3) is 6.43 Å². The zero-order valence-corrected chi connectivity index (χ0v) is 14.1. The summed E-state index contributed by atoms with van der Waals surface area (Å²) in [6.07, 6.45) is -1.12. The summed E-state index contributed by atoms with van der Waals surface area (Å²) in [5, 5.41) is 1.11. The first kappa shape index (κ1) is 17.3. The van der Waals surface area contributed by atoms with Crippen LogP contribution in [0.15, 0.2) is 58.3 Å². The summed E-state index contributed by atoms with van der Waals surface area (Å²) in [4.78, 5) is 13.3. The number of hydrogen-bond donors (Lipinski definition) is 0. The molecule has 2 aromatic carbocycles. The van der Waals surface area contributed by atoms with Gasteiger partial charge in [0, 0.05) is 15.8 Å². The molecule has 0 radical (unpaired) electrons. The van der Waals surface area contributed by atoms with Gasteiger partial charge in [-0.2, -0.15) is 10.0 Å². The van der Waals surface area contributed by atoms with E-state index >= 15 is 0 Å². The zero-order valence-electron chi connectivity index (χ0n) is 11.7. The lowest BCUT2D eigenvalue weighted by atomic mass is 10.4. The summed E-state index contributed by atoms with van der Waals surface area (Å²) in [6, 6.07) is 13.9. The van der Waals surface area contributed by atoms with Crippen molar-refractivity contribution in [2.24, 2.45) is 0 Å². The minimum absolute atomic E-state index is 0.214. The van der Waals surface area contributed by atoms with Crippen molar-refractivity contribution >= 4 is 39.0 Å². The molecule has 118 valence electrons. The first-order valence-electron chi connectivity index (χ1n) is 6.41. The summed E-state index contributed by atoms with van der Waals surface area (Å²) < 4.78 is 25.5. The number of carbonyl (C=O) groups is 1. The number of ketones is 1. The molecular formula is C16H14Cl2F2OS. The summed E-state index contributed by atoms with van der Waals surface area (Å²) in [5.74, 6) is -1.27. The van der Waals surface area contributed by atoms with Gasteiger partial charge in [0.05, 0.1) is 0 Å². The maximum atomic E-state index is 12.7. The largest absolute Gasteiger partial charge is 0.296 e. The van der Waals surface area contributed by atoms with Gasteiger partial charge in [-0.3, -0.25) is 4.79 Å². The maximum absolute atomic E-state index is 12.7. The molecule has 0 saturated heterocycles. The Hall–Kier alpha value is -1.10. The molecule has 0 fully saturated rings. The van der Waals surface area contributed by atoms with Gasteiger partial charge >= 0.3 is 0 Å². The molecule has 22 heavy (non-hydrogen) atoms. The van der Waals surface area contributed by atoms with E-state index in [2.05, 4.69) is 0 Å². The van der Waals surface area contributed by atoms with Crippen molar-refractivity contribution in [2.45, 2.75) is 16.2 Å². The number of rotatable bonds is 5. The van der Waals surface area contributed by atoms with E-state index in [1.165, 1.54) is 0 Å². The first-order chi connectivity index (χ1) is 10.3. The van der Waals surface area contributed by atoms with Crippen LogP contribution < -0.4 is 0 Å². The van der Waals surface area contributed by atoms with Crippen LogP contribution in [0.4, 0.5) is 8.78 Å². The maximum Gasteiger partial charge on any atom is 0.296 e. The van der Waals surface area contributed by atoms with Crippen LogP contribution in [-0.4, -0.2) is 24.2 Å². The van der Waals surface area contributed by atoms with Gasteiger partial charge in [-0.05, 0) is 64.6 Å². The second kappa shape index (κ2) is 6.99. The molecule has 0 aliphatic heterocycles. The Labute approximate surface area is 139 Å². The molecule has 0 atom stereocenters. The molecule has 0 amide bonds. The normalized spacial score (nSPS) is 12.5. The number of carbonyl (C=O) groups excluding carboxylic acids is 1. The van der Waals surface area contributed by atoms with Crippen LogP contribution in [0.2, 0.25) is 10.0 Å². The number of halogens is 4. The van der Waals surface area contributed by atoms with Crippen molar-refractivity contribution in [3.05, 3.63) is 58.6 Å². The van der Waals surface area contributed by atoms with Crippen LogP contribution in [0.25, 0.3) is 0 Å². The van der Waals surface area contributed by atoms with E-state index in [4.69, 9.17) is 23.2 Å². The Kier molecular flexibility index (Phi) is 5.48. The predicted molar refractivity (Wildman–Crippen MR) is 88.8 cm³/mol. The molecule has 0 N–H and O–H groups in total. The Bertz CT molecular complexity index is 611. The van der Waals surface area contributed by atoms with Crippen molar-refractivity contribution in [1.29, 1.82) is 0 Å². The van der Waals surface area contributed by atoms with E-state index in [9.17, 15) is 13.6 Å². The topological polar surface area (TPSA) is 17.1 Å². The van der Waals surface area contributed by atoms with Crippen molar-refractivity contribution in [2.75, 3.05) is 12.0 Å². The van der Waals surface area contributed by atoms with Gasteiger partial charge in [0.15, 0.2) is 0 Å². The molecule has 2 aromatic rings. The molecule has 6 heteroatoms. The number of Topliss-reactive ketones (excluding diaryl/α,β-unsaturated/α-hetero) is 1. The van der Waals surface area contributed by atoms with Crippen LogP contribution in [0.5, 0.6) is 0 Å². The molecule has 0 aliphatic carbocycles. The quantitative estimate of drug-likeness (QED) is 0.668. The SMILES string of the molecule is CS(CC(=O)C(F)F)(c1ccc(Cl)cc1)c1ccc(Cl)cc1. The summed E-state index contributed by atoms with van der Waals surface area (Å²) in [6.45, 7) is 0. The van der Waals surface area contributed by atoms with Gasteiger partial charge in [-0.25, -0.2) is 8.78 Å². The highest BCUT2D eigenvalue weighted by molar-refractivity contribution is 8.33. The Morgan fingerprint density at radius 1 is 0.955 bits per heavy atom. The highest BCUT2D eigenvalue weighted by Gasteiger charge is 2.30. The Morgan fingerprint density at radius 2 is 1.32 bits per heavy atom. The molecule has 1 nitrogen and oxygen atoms in total. The van der Waals surface area contributed by atoms with Crippen LogP contribution in [0.1, 0.15) is 0 Å². The van der Waals surface area contributed by atoms with Gasteiger partial charge in [-0.15, -0.1) is 0 Å². The summed E-state index contributed by atoms with van der Waals surface area (Å²) in [7, 11) is -1.92. The minimum Gasteiger partial charge on any atom is -0.292 e. The van der Waals surface area contributed by atoms with E-state index in [0.717, 1.165) is 9.79 Å². The van der Waals surface area contributed by atoms with Crippen molar-refractivity contribution < 1.29 is 13.6 Å². The predicted octanol–water partition coefficient (Wildman–Crippen LogP) is 5.68. The molecule has 0 aromatic heterocycles. The van der Waals surface area contributed by atoms with Crippen LogP contribution >= 0.6 is 33.2 Å². The monoisotopic (exact) mass is 362 g/mol. The van der Waals surface area contributed by atoms with Gasteiger partial charge in [0.2, 0.25) is 5.78 Å². The van der Waals surface area contributed by atoms with E-state index in [0.29, 0.717) is 10.0 Å². The van der Waals surface area contributed by atoms with Gasteiger partial charge in [0.1, 0.15) is 0 Å². The molecule has 0 heterocycles. The first-order valence-corrected chi connectivity index (χ1v) is 9.37. The lowest BCUT2D eigenvalue weighted by Crippen LogP contribution is -2.20. The fourth-order valence-electron chi connectivity index (χ4n) is 2.12. The fourth-order valence-corrected chi connectivity index (χ4v) is 5.15. The number of hydrogen-bond acceptors (Lipinski definition) is 1. The lowest BCUT2D eigenvalue weighted by Gasteiger charge is -2.36. The third-order valence-electron chi connectivity index (χ3n) is 3.34. The van der Waals surface area contributed by atoms with E-state index in [1.54, 1.807) is 48.5 Å². The average Bonchev–Trinajstić information content (AvgIpc) is 2.48. The number of benzene rings is 2. The average molecular weight is 363 g/mol. The van der Waals surface area contributed by atoms with E-state index < -0.39 is 22.2 Å². The molecule has 0 unspecified atom stereocenters. The van der Waals surface area contributed by atoms with Crippen molar-refractivity contribution in [3.63, 3.8) is 0 Å². The molecule has 2 rings (SSSR count). The Morgan fingerprint density at radius 3 is 1.64 bits per heavy atom. The lowest BCUT2D eigenvalue weighted by molar-refractivity contribution is -0.126. The smallest absolute Gasteiger partial charge is 0.292 e. The second-order valence-electron chi connectivity index (χ2n) is 4.91. The highest BCUT2D eigenvalue weighted by Crippen LogP contribution is 2.59. The Balaban J connectivity index is 2.50. The molecule has 0 spiro atoms.